The molecule has 1 aliphatic carbocycles. The number of hydrogen-bond donors (Lipinski definition) is 2. The van der Waals surface area contributed by atoms with Gasteiger partial charge in [0.2, 0.25) is 0 Å². The standard InChI is InChI=1S/C9H16F4N2/c10-8(11)9(12,13)5-15-4-3-7(14)6-1-2-6/h6-8,15H,1-5,14H2. The van der Waals surface area contributed by atoms with Crippen molar-refractivity contribution in [3.05, 3.63) is 0 Å². The minimum absolute atomic E-state index is 0.0117. The van der Waals surface area contributed by atoms with Crippen LogP contribution in [0.4, 0.5) is 17.6 Å². The predicted molar refractivity (Wildman–Crippen MR) is 49.1 cm³/mol. The van der Waals surface area contributed by atoms with Gasteiger partial charge in [0.25, 0.3) is 0 Å². The molecule has 1 rings (SSSR count). The van der Waals surface area contributed by atoms with E-state index in [1.54, 1.807) is 0 Å². The Morgan fingerprint density at radius 3 is 2.40 bits per heavy atom. The van der Waals surface area contributed by atoms with Crippen molar-refractivity contribution < 1.29 is 17.6 Å². The fourth-order valence-electron chi connectivity index (χ4n) is 1.36. The van der Waals surface area contributed by atoms with Crippen molar-refractivity contribution in [3.63, 3.8) is 0 Å². The van der Waals surface area contributed by atoms with E-state index in [1.165, 1.54) is 0 Å². The summed E-state index contributed by atoms with van der Waals surface area (Å²) < 4.78 is 48.2. The normalized spacial score (nSPS) is 19.6. The largest absolute Gasteiger partial charge is 0.327 e. The average molecular weight is 228 g/mol. The van der Waals surface area contributed by atoms with E-state index in [4.69, 9.17) is 5.73 Å². The molecule has 3 N–H and O–H groups in total. The van der Waals surface area contributed by atoms with Gasteiger partial charge in [0.15, 0.2) is 0 Å². The Hall–Kier alpha value is -0.360. The molecule has 0 amide bonds. The van der Waals surface area contributed by atoms with Gasteiger partial charge in [-0.3, -0.25) is 0 Å². The Morgan fingerprint density at radius 2 is 1.93 bits per heavy atom. The van der Waals surface area contributed by atoms with Crippen LogP contribution in [0.3, 0.4) is 0 Å². The summed E-state index contributed by atoms with van der Waals surface area (Å²) in [6, 6.07) is 0.0117. The Labute approximate surface area is 86.2 Å². The molecule has 0 radical (unpaired) electrons. The van der Waals surface area contributed by atoms with Crippen LogP contribution in [0.15, 0.2) is 0 Å². The topological polar surface area (TPSA) is 38.0 Å². The zero-order valence-electron chi connectivity index (χ0n) is 8.36. The lowest BCUT2D eigenvalue weighted by atomic mass is 10.1. The fraction of sp³-hybridized carbons (Fsp3) is 1.00. The van der Waals surface area contributed by atoms with Crippen molar-refractivity contribution in [2.24, 2.45) is 11.7 Å². The van der Waals surface area contributed by atoms with Gasteiger partial charge in [-0.1, -0.05) is 0 Å². The van der Waals surface area contributed by atoms with Crippen LogP contribution in [0.2, 0.25) is 0 Å². The molecule has 0 aromatic carbocycles. The first-order valence-electron chi connectivity index (χ1n) is 5.06. The fourth-order valence-corrected chi connectivity index (χ4v) is 1.36. The molecule has 15 heavy (non-hydrogen) atoms. The third-order valence-corrected chi connectivity index (χ3v) is 2.56. The second-order valence-corrected chi connectivity index (χ2v) is 4.03. The Balaban J connectivity index is 2.05. The number of alkyl halides is 4. The molecule has 0 aromatic heterocycles. The lowest BCUT2D eigenvalue weighted by molar-refractivity contribution is -0.125. The van der Waals surface area contributed by atoms with Crippen molar-refractivity contribution in [2.45, 2.75) is 37.7 Å². The quantitative estimate of drug-likeness (QED) is 0.513. The van der Waals surface area contributed by atoms with Gasteiger partial charge in [-0.15, -0.1) is 0 Å². The summed E-state index contributed by atoms with van der Waals surface area (Å²) in [7, 11) is 0. The Bertz CT molecular complexity index is 195. The average Bonchev–Trinajstić information content (AvgIpc) is 2.94. The van der Waals surface area contributed by atoms with Crippen molar-refractivity contribution in [3.8, 4) is 0 Å². The Kier molecular flexibility index (Phi) is 4.33. The summed E-state index contributed by atoms with van der Waals surface area (Å²) >= 11 is 0. The minimum Gasteiger partial charge on any atom is -0.327 e. The van der Waals surface area contributed by atoms with Gasteiger partial charge in [0, 0.05) is 6.04 Å². The smallest absolute Gasteiger partial charge is 0.319 e. The van der Waals surface area contributed by atoms with Crippen LogP contribution in [0.5, 0.6) is 0 Å². The maximum Gasteiger partial charge on any atom is 0.319 e. The van der Waals surface area contributed by atoms with Gasteiger partial charge in [0.1, 0.15) is 0 Å². The van der Waals surface area contributed by atoms with Crippen LogP contribution < -0.4 is 11.1 Å². The molecular formula is C9H16F4N2. The highest BCUT2D eigenvalue weighted by Crippen LogP contribution is 2.32. The first-order chi connectivity index (χ1) is 6.93. The number of hydrogen-bond acceptors (Lipinski definition) is 2. The van der Waals surface area contributed by atoms with Gasteiger partial charge in [-0.25, -0.2) is 8.78 Å². The molecule has 90 valence electrons. The van der Waals surface area contributed by atoms with Crippen molar-refractivity contribution in [1.82, 2.24) is 5.32 Å². The maximum absolute atomic E-state index is 12.4. The summed E-state index contributed by atoms with van der Waals surface area (Å²) in [5.74, 6) is -3.44. The SMILES string of the molecule is NC(CCNCC(F)(F)C(F)F)C1CC1. The number of nitrogens with two attached hydrogens (primary N) is 1. The summed E-state index contributed by atoms with van der Waals surface area (Å²) in [5.41, 5.74) is 5.71. The summed E-state index contributed by atoms with van der Waals surface area (Å²) in [4.78, 5) is 0. The van der Waals surface area contributed by atoms with Crippen LogP contribution >= 0.6 is 0 Å². The molecule has 1 saturated carbocycles. The van der Waals surface area contributed by atoms with Gasteiger partial charge >= 0.3 is 12.3 Å². The molecule has 2 nitrogen and oxygen atoms in total. The van der Waals surface area contributed by atoms with Crippen LogP contribution in [0, 0.1) is 5.92 Å². The third kappa shape index (κ3) is 4.34. The lowest BCUT2D eigenvalue weighted by Crippen LogP contribution is -2.40. The highest BCUT2D eigenvalue weighted by molar-refractivity contribution is 4.84. The molecule has 1 atom stereocenters. The maximum atomic E-state index is 12.4. The molecule has 0 aliphatic heterocycles. The number of halogens is 4. The molecule has 0 saturated heterocycles. The first kappa shape index (κ1) is 12.7. The van der Waals surface area contributed by atoms with E-state index in [2.05, 4.69) is 5.32 Å². The van der Waals surface area contributed by atoms with Crippen molar-refractivity contribution in [1.29, 1.82) is 0 Å². The molecular weight excluding hydrogens is 212 g/mol. The van der Waals surface area contributed by atoms with Gasteiger partial charge in [-0.05, 0) is 31.7 Å². The summed E-state index contributed by atoms with van der Waals surface area (Å²) in [5, 5.41) is 2.31. The number of rotatable bonds is 7. The van der Waals surface area contributed by atoms with Crippen LogP contribution in [-0.4, -0.2) is 31.5 Å². The van der Waals surface area contributed by atoms with Gasteiger partial charge in [-0.2, -0.15) is 8.78 Å². The highest BCUT2D eigenvalue weighted by Gasteiger charge is 2.40. The van der Waals surface area contributed by atoms with E-state index in [0.717, 1.165) is 12.8 Å². The van der Waals surface area contributed by atoms with Crippen LogP contribution in [0.25, 0.3) is 0 Å². The molecule has 0 spiro atoms. The van der Waals surface area contributed by atoms with E-state index in [0.29, 0.717) is 12.3 Å². The van der Waals surface area contributed by atoms with Gasteiger partial charge < -0.3 is 11.1 Å². The highest BCUT2D eigenvalue weighted by atomic mass is 19.3. The van der Waals surface area contributed by atoms with Crippen molar-refractivity contribution >= 4 is 0 Å². The second-order valence-electron chi connectivity index (χ2n) is 4.03. The first-order valence-corrected chi connectivity index (χ1v) is 5.06. The predicted octanol–water partition coefficient (Wildman–Crippen LogP) is 1.60. The number of nitrogens with one attached hydrogen (secondary N) is 1. The third-order valence-electron chi connectivity index (χ3n) is 2.56. The molecule has 0 bridgehead atoms. The second kappa shape index (κ2) is 5.12. The zero-order chi connectivity index (χ0) is 11.5. The van der Waals surface area contributed by atoms with E-state index in [1.807, 2.05) is 0 Å². The molecule has 6 heteroatoms. The van der Waals surface area contributed by atoms with E-state index < -0.39 is 18.9 Å². The van der Waals surface area contributed by atoms with Gasteiger partial charge in [0.05, 0.1) is 6.54 Å². The molecule has 1 fully saturated rings. The van der Waals surface area contributed by atoms with E-state index in [9.17, 15) is 17.6 Å². The summed E-state index contributed by atoms with van der Waals surface area (Å²) in [6.07, 6.45) is -0.866. The molecule has 1 unspecified atom stereocenters. The Morgan fingerprint density at radius 1 is 1.33 bits per heavy atom. The monoisotopic (exact) mass is 228 g/mol. The molecule has 0 heterocycles. The minimum atomic E-state index is -3.94. The van der Waals surface area contributed by atoms with Crippen LogP contribution in [-0.2, 0) is 0 Å². The van der Waals surface area contributed by atoms with E-state index in [-0.39, 0.29) is 12.6 Å². The van der Waals surface area contributed by atoms with Crippen LogP contribution in [0.1, 0.15) is 19.3 Å². The lowest BCUT2D eigenvalue weighted by Gasteiger charge is -2.16. The summed E-state index contributed by atoms with van der Waals surface area (Å²) in [6.45, 7) is -0.720. The van der Waals surface area contributed by atoms with E-state index >= 15 is 0 Å². The van der Waals surface area contributed by atoms with Crippen molar-refractivity contribution in [2.75, 3.05) is 13.1 Å². The zero-order valence-corrected chi connectivity index (χ0v) is 8.36. The molecule has 0 aromatic rings. The molecule has 1 aliphatic rings.